The molecule has 2 aromatic carbocycles. The van der Waals surface area contributed by atoms with E-state index < -0.39 is 91.2 Å². The van der Waals surface area contributed by atoms with Crippen molar-refractivity contribution in [2.75, 3.05) is 42.7 Å². The van der Waals surface area contributed by atoms with Gasteiger partial charge in [-0.05, 0) is 23.3 Å². The number of halogens is 10. The summed E-state index contributed by atoms with van der Waals surface area (Å²) in [5.41, 5.74) is -10.3. The smallest absolute Gasteiger partial charge is 0.311 e. The van der Waals surface area contributed by atoms with E-state index in [1.807, 2.05) is 0 Å². The highest BCUT2D eigenvalue weighted by molar-refractivity contribution is 8.02. The molecule has 6 atom stereocenters. The van der Waals surface area contributed by atoms with Crippen LogP contribution in [0.3, 0.4) is 0 Å². The molecule has 53 heavy (non-hydrogen) atoms. The lowest BCUT2D eigenvalue weighted by Crippen LogP contribution is -2.68. The SMILES string of the molecule is COC1=C(F)C(F)(OC)C(F)(C(F)(C=Cc2ccccc2)SC(F)(C=Cc2ccccc2)C2(F)C(OC)=C(F)C(OC)=C(F)C2(F)OC)C(OC)=C1F. The predicted octanol–water partition coefficient (Wildman–Crippen LogP) is 9.86. The molecule has 0 saturated carbocycles. The van der Waals surface area contributed by atoms with Crippen LogP contribution in [0, 0.1) is 0 Å². The van der Waals surface area contributed by atoms with E-state index in [4.69, 9.17) is 9.47 Å². The average molecular weight is 783 g/mol. The van der Waals surface area contributed by atoms with Crippen molar-refractivity contribution >= 4 is 23.9 Å². The van der Waals surface area contributed by atoms with E-state index in [-0.39, 0.29) is 23.3 Å². The number of thioether (sulfide) groups is 1. The van der Waals surface area contributed by atoms with Crippen LogP contribution in [0.15, 0.2) is 119 Å². The van der Waals surface area contributed by atoms with Crippen molar-refractivity contribution < 1.29 is 72.3 Å². The fraction of sp³-hybridized carbons (Fsp3) is 0.333. The molecule has 6 unspecified atom stereocenters. The monoisotopic (exact) mass is 782 g/mol. The maximum atomic E-state index is 18.3. The van der Waals surface area contributed by atoms with E-state index in [0.29, 0.717) is 54.8 Å². The van der Waals surface area contributed by atoms with E-state index in [9.17, 15) is 0 Å². The van der Waals surface area contributed by atoms with Crippen LogP contribution in [0.5, 0.6) is 0 Å². The Morgan fingerprint density at radius 2 is 0.849 bits per heavy atom. The Hall–Kier alpha value is -4.35. The van der Waals surface area contributed by atoms with Crippen LogP contribution in [0.2, 0.25) is 0 Å². The van der Waals surface area contributed by atoms with Gasteiger partial charge in [0.2, 0.25) is 33.3 Å². The Kier molecular flexibility index (Phi) is 11.9. The van der Waals surface area contributed by atoms with E-state index in [1.54, 1.807) is 0 Å². The second-order valence-electron chi connectivity index (χ2n) is 11.2. The second-order valence-corrected chi connectivity index (χ2v) is 12.6. The standard InChI is InChI=1S/C36H32F10O6S/c1-47-25-23(37)29(49-3)33(43,35(45,51-5)27(25)39)31(41,19-17-21-13-9-7-10-14-21)53-32(42,20-18-22-15-11-8-12-16-22)34(44)30(50-4)24(38)26(48-2)28(40)36(34,46)52-6/h7-20H,1-6H3. The van der Waals surface area contributed by atoms with Crippen LogP contribution in [0.25, 0.3) is 12.2 Å². The van der Waals surface area contributed by atoms with Crippen LogP contribution < -0.4 is 0 Å². The predicted molar refractivity (Wildman–Crippen MR) is 176 cm³/mol. The third kappa shape index (κ3) is 6.09. The molecule has 4 rings (SSSR count). The van der Waals surface area contributed by atoms with Gasteiger partial charge in [-0.3, -0.25) is 0 Å². The van der Waals surface area contributed by atoms with E-state index in [0.717, 1.165) is 0 Å². The molecule has 0 aromatic heterocycles. The van der Waals surface area contributed by atoms with Gasteiger partial charge in [-0.2, -0.15) is 17.6 Å². The highest BCUT2D eigenvalue weighted by Gasteiger charge is 2.82. The van der Waals surface area contributed by atoms with Crippen molar-refractivity contribution in [1.29, 1.82) is 0 Å². The van der Waals surface area contributed by atoms with E-state index in [1.165, 1.54) is 60.7 Å². The molecule has 6 nitrogen and oxygen atoms in total. The molecule has 0 aliphatic heterocycles. The maximum Gasteiger partial charge on any atom is 0.311 e. The van der Waals surface area contributed by atoms with Crippen molar-refractivity contribution in [3.05, 3.63) is 130 Å². The molecular weight excluding hydrogens is 750 g/mol. The zero-order chi connectivity index (χ0) is 39.6. The third-order valence-corrected chi connectivity index (χ3v) is 9.90. The van der Waals surface area contributed by atoms with Crippen molar-refractivity contribution in [2.45, 2.75) is 33.0 Å². The molecular formula is C36H32F10O6S. The molecule has 0 N–H and O–H groups in total. The quantitative estimate of drug-likeness (QED) is 0.177. The highest BCUT2D eigenvalue weighted by atomic mass is 32.2. The fourth-order valence-corrected chi connectivity index (χ4v) is 7.24. The summed E-state index contributed by atoms with van der Waals surface area (Å²) in [6.45, 7) is 0. The number of rotatable bonds is 14. The molecule has 0 fully saturated rings. The Labute approximate surface area is 302 Å². The molecule has 17 heteroatoms. The molecule has 0 radical (unpaired) electrons. The van der Waals surface area contributed by atoms with Gasteiger partial charge in [0, 0.05) is 14.2 Å². The first-order valence-corrected chi connectivity index (χ1v) is 15.9. The largest absolute Gasteiger partial charge is 0.494 e. The summed E-state index contributed by atoms with van der Waals surface area (Å²) in [4.78, 5) is 0. The van der Waals surface area contributed by atoms with Crippen LogP contribution in [0.1, 0.15) is 11.1 Å². The highest BCUT2D eigenvalue weighted by Crippen LogP contribution is 2.68. The Morgan fingerprint density at radius 1 is 0.528 bits per heavy atom. The first kappa shape index (κ1) is 41.4. The summed E-state index contributed by atoms with van der Waals surface area (Å²) in [6, 6.07) is 13.6. The summed E-state index contributed by atoms with van der Waals surface area (Å²) >= 11 is -1.38. The number of hydrogen-bond acceptors (Lipinski definition) is 7. The van der Waals surface area contributed by atoms with Gasteiger partial charge >= 0.3 is 11.7 Å². The van der Waals surface area contributed by atoms with Gasteiger partial charge in [0.25, 0.3) is 11.3 Å². The molecule has 0 amide bonds. The van der Waals surface area contributed by atoms with Crippen LogP contribution in [-0.4, -0.2) is 75.7 Å². The van der Waals surface area contributed by atoms with Crippen LogP contribution in [0.4, 0.5) is 43.9 Å². The first-order chi connectivity index (χ1) is 24.9. The summed E-state index contributed by atoms with van der Waals surface area (Å²) in [7, 11) is 2.85. The van der Waals surface area contributed by atoms with Gasteiger partial charge < -0.3 is 28.4 Å². The average Bonchev–Trinajstić information content (AvgIpc) is 3.16. The number of benzene rings is 2. The molecule has 2 aliphatic carbocycles. The van der Waals surface area contributed by atoms with Crippen molar-refractivity contribution in [3.63, 3.8) is 0 Å². The molecule has 288 valence electrons. The number of ether oxygens (including phenoxy) is 6. The molecule has 2 aromatic rings. The minimum atomic E-state index is -5.10. The summed E-state index contributed by atoms with van der Waals surface area (Å²) in [6.07, 6.45) is 1.32. The van der Waals surface area contributed by atoms with Crippen molar-refractivity contribution in [3.8, 4) is 0 Å². The van der Waals surface area contributed by atoms with E-state index in [2.05, 4.69) is 18.9 Å². The van der Waals surface area contributed by atoms with Gasteiger partial charge in [0.05, 0.1) is 28.4 Å². The Morgan fingerprint density at radius 3 is 1.11 bits per heavy atom. The lowest BCUT2D eigenvalue weighted by Gasteiger charge is -2.51. The normalized spacial score (nSPS) is 29.1. The number of hydrogen-bond donors (Lipinski definition) is 0. The van der Waals surface area contributed by atoms with Crippen LogP contribution >= 0.6 is 11.8 Å². The van der Waals surface area contributed by atoms with Gasteiger partial charge in [-0.1, -0.05) is 84.6 Å². The maximum absolute atomic E-state index is 18.3. The Bertz CT molecular complexity index is 1740. The van der Waals surface area contributed by atoms with Crippen molar-refractivity contribution in [2.24, 2.45) is 0 Å². The topological polar surface area (TPSA) is 55.4 Å². The molecule has 0 spiro atoms. The zero-order valence-corrected chi connectivity index (χ0v) is 29.5. The van der Waals surface area contributed by atoms with Gasteiger partial charge in [0.1, 0.15) is 0 Å². The minimum Gasteiger partial charge on any atom is -0.494 e. The van der Waals surface area contributed by atoms with Crippen LogP contribution in [-0.2, 0) is 28.4 Å². The number of allylic oxidation sites excluding steroid dienone is 2. The number of methoxy groups -OCH3 is 6. The second kappa shape index (κ2) is 15.2. The fourth-order valence-electron chi connectivity index (χ4n) is 5.81. The summed E-state index contributed by atoms with van der Waals surface area (Å²) < 4.78 is 197. The lowest BCUT2D eigenvalue weighted by atomic mass is 9.81. The van der Waals surface area contributed by atoms with Gasteiger partial charge in [-0.25, -0.2) is 26.3 Å². The summed E-state index contributed by atoms with van der Waals surface area (Å²) in [5, 5.41) is -9.60. The minimum absolute atomic E-state index is 0.000636. The molecule has 0 bridgehead atoms. The third-order valence-electron chi connectivity index (χ3n) is 8.47. The number of alkyl halides is 6. The van der Waals surface area contributed by atoms with Gasteiger partial charge in [0.15, 0.2) is 23.0 Å². The summed E-state index contributed by atoms with van der Waals surface area (Å²) in [5.74, 6) is -26.7. The Balaban J connectivity index is 2.21. The molecule has 0 heterocycles. The molecule has 0 saturated heterocycles. The van der Waals surface area contributed by atoms with E-state index >= 15 is 43.9 Å². The first-order valence-electron chi connectivity index (χ1n) is 15.1. The zero-order valence-electron chi connectivity index (χ0n) is 28.7. The lowest BCUT2D eigenvalue weighted by molar-refractivity contribution is -0.228. The van der Waals surface area contributed by atoms with Crippen molar-refractivity contribution in [1.82, 2.24) is 0 Å². The molecule has 2 aliphatic rings. The van der Waals surface area contributed by atoms with Gasteiger partial charge in [-0.15, -0.1) is 0 Å².